The molecule has 2 fully saturated rings. The van der Waals surface area contributed by atoms with E-state index in [9.17, 15) is 4.79 Å². The maximum atomic E-state index is 11.3. The molecule has 4 atom stereocenters. The minimum Gasteiger partial charge on any atom is -0.487 e. The van der Waals surface area contributed by atoms with Gasteiger partial charge < -0.3 is 26.3 Å². The average molecular weight is 261 g/mol. The molecule has 0 spiro atoms. The molecule has 2 aliphatic heterocycles. The van der Waals surface area contributed by atoms with Crippen LogP contribution < -0.4 is 21.5 Å². The van der Waals surface area contributed by atoms with Crippen LogP contribution in [-0.2, 0) is 4.79 Å². The Bertz CT molecular complexity index is 492. The molecular formula is C14H19N3O2. The van der Waals surface area contributed by atoms with Gasteiger partial charge in [0.15, 0.2) is 0 Å². The molecule has 3 rings (SSSR count). The van der Waals surface area contributed by atoms with E-state index in [-0.39, 0.29) is 18.1 Å². The quantitative estimate of drug-likeness (QED) is 0.556. The first-order valence-corrected chi connectivity index (χ1v) is 6.71. The highest BCUT2D eigenvalue weighted by atomic mass is 16.5. The first kappa shape index (κ1) is 12.3. The molecule has 5 nitrogen and oxygen atoms in total. The molecule has 1 aromatic carbocycles. The summed E-state index contributed by atoms with van der Waals surface area (Å²) in [6, 6.07) is 6.05. The van der Waals surface area contributed by atoms with E-state index in [4.69, 9.17) is 16.2 Å². The van der Waals surface area contributed by atoms with Gasteiger partial charge in [-0.15, -0.1) is 0 Å². The van der Waals surface area contributed by atoms with E-state index in [1.807, 2.05) is 6.07 Å². The van der Waals surface area contributed by atoms with E-state index < -0.39 is 0 Å². The lowest BCUT2D eigenvalue weighted by atomic mass is 9.90. The fraction of sp³-hybridized carbons (Fsp3) is 0.500. The van der Waals surface area contributed by atoms with E-state index >= 15 is 0 Å². The summed E-state index contributed by atoms with van der Waals surface area (Å²) in [6.07, 6.45) is 3.89. The number of rotatable bonds is 3. The largest absolute Gasteiger partial charge is 0.487 e. The number of fused-ring (bicyclic) bond motifs is 2. The predicted molar refractivity (Wildman–Crippen MR) is 73.8 cm³/mol. The Morgan fingerprint density at radius 1 is 1.32 bits per heavy atom. The van der Waals surface area contributed by atoms with Gasteiger partial charge in [0.05, 0.1) is 17.3 Å². The van der Waals surface area contributed by atoms with Gasteiger partial charge >= 0.3 is 0 Å². The van der Waals surface area contributed by atoms with Crippen LogP contribution in [0.4, 0.5) is 11.4 Å². The molecule has 1 aromatic rings. The fourth-order valence-electron chi connectivity index (χ4n) is 3.17. The fourth-order valence-corrected chi connectivity index (χ4v) is 3.17. The van der Waals surface area contributed by atoms with Crippen molar-refractivity contribution in [1.82, 2.24) is 5.32 Å². The number of piperidine rings is 1. The summed E-state index contributed by atoms with van der Waals surface area (Å²) in [7, 11) is 0. The van der Waals surface area contributed by atoms with Crippen LogP contribution in [0.25, 0.3) is 0 Å². The van der Waals surface area contributed by atoms with E-state index in [1.54, 1.807) is 12.1 Å². The number of carbonyl (C=O) groups is 1. The number of anilines is 2. The van der Waals surface area contributed by atoms with Gasteiger partial charge in [0, 0.05) is 18.5 Å². The Balaban J connectivity index is 1.82. The monoisotopic (exact) mass is 261 g/mol. The highest BCUT2D eigenvalue weighted by molar-refractivity contribution is 5.70. The summed E-state index contributed by atoms with van der Waals surface area (Å²) in [4.78, 5) is 11.3. The first-order chi connectivity index (χ1) is 9.19. The van der Waals surface area contributed by atoms with Crippen LogP contribution >= 0.6 is 0 Å². The third kappa shape index (κ3) is 2.14. The second-order valence-corrected chi connectivity index (χ2v) is 5.41. The number of hydrogen-bond donors (Lipinski definition) is 3. The van der Waals surface area contributed by atoms with Crippen molar-refractivity contribution < 1.29 is 9.53 Å². The van der Waals surface area contributed by atoms with Gasteiger partial charge in [-0.2, -0.15) is 0 Å². The average Bonchev–Trinajstić information content (AvgIpc) is 2.78. The molecule has 5 heteroatoms. The molecule has 0 saturated carbocycles. The van der Waals surface area contributed by atoms with Gasteiger partial charge in [0.1, 0.15) is 18.1 Å². The Morgan fingerprint density at radius 3 is 2.95 bits per heavy atom. The van der Waals surface area contributed by atoms with E-state index in [0.717, 1.165) is 25.5 Å². The van der Waals surface area contributed by atoms with Crippen LogP contribution in [0.3, 0.4) is 0 Å². The molecule has 0 amide bonds. The molecule has 0 aromatic heterocycles. The lowest BCUT2D eigenvalue weighted by molar-refractivity contribution is -0.115. The third-order valence-electron chi connectivity index (χ3n) is 4.22. The maximum absolute atomic E-state index is 11.3. The number of carbonyl (C=O) groups excluding carboxylic acids is 1. The second-order valence-electron chi connectivity index (χ2n) is 5.41. The van der Waals surface area contributed by atoms with Crippen LogP contribution in [0.15, 0.2) is 18.2 Å². The number of ether oxygens (including phenoxy) is 1. The van der Waals surface area contributed by atoms with Crippen molar-refractivity contribution in [2.45, 2.75) is 37.5 Å². The topological polar surface area (TPSA) is 90.4 Å². The molecular weight excluding hydrogens is 242 g/mol. The van der Waals surface area contributed by atoms with Crippen molar-refractivity contribution in [3.8, 4) is 5.75 Å². The number of benzene rings is 1. The van der Waals surface area contributed by atoms with E-state index in [0.29, 0.717) is 23.2 Å². The van der Waals surface area contributed by atoms with Gasteiger partial charge in [-0.25, -0.2) is 0 Å². The summed E-state index contributed by atoms with van der Waals surface area (Å²) >= 11 is 0. The van der Waals surface area contributed by atoms with Gasteiger partial charge in [0.25, 0.3) is 0 Å². The summed E-state index contributed by atoms with van der Waals surface area (Å²) < 4.78 is 5.98. The summed E-state index contributed by atoms with van der Waals surface area (Å²) in [6.45, 7) is 0. The first-order valence-electron chi connectivity index (χ1n) is 6.71. The van der Waals surface area contributed by atoms with Crippen molar-refractivity contribution in [1.29, 1.82) is 0 Å². The zero-order valence-electron chi connectivity index (χ0n) is 10.7. The zero-order chi connectivity index (χ0) is 13.4. The van der Waals surface area contributed by atoms with Crippen molar-refractivity contribution >= 4 is 17.7 Å². The predicted octanol–water partition coefficient (Wildman–Crippen LogP) is 0.938. The number of para-hydroxylation sites is 1. The maximum Gasteiger partial charge on any atom is 0.144 e. The van der Waals surface area contributed by atoms with Crippen molar-refractivity contribution in [3.63, 3.8) is 0 Å². The van der Waals surface area contributed by atoms with Crippen molar-refractivity contribution in [2.24, 2.45) is 5.92 Å². The zero-order valence-corrected chi connectivity index (χ0v) is 10.7. The van der Waals surface area contributed by atoms with E-state index in [2.05, 4.69) is 5.32 Å². The highest BCUT2D eigenvalue weighted by Gasteiger charge is 2.42. The smallest absolute Gasteiger partial charge is 0.144 e. The molecule has 2 heterocycles. The summed E-state index contributed by atoms with van der Waals surface area (Å²) in [5, 5.41) is 3.47. The second kappa shape index (κ2) is 4.74. The van der Waals surface area contributed by atoms with Crippen molar-refractivity contribution in [2.75, 3.05) is 11.5 Å². The number of nitrogens with two attached hydrogens (primary N) is 2. The normalized spacial score (nSPS) is 33.1. The highest BCUT2D eigenvalue weighted by Crippen LogP contribution is 2.35. The van der Waals surface area contributed by atoms with Crippen molar-refractivity contribution in [3.05, 3.63) is 18.2 Å². The Hall–Kier alpha value is -1.75. The molecule has 19 heavy (non-hydrogen) atoms. The van der Waals surface area contributed by atoms with Gasteiger partial charge in [-0.3, -0.25) is 0 Å². The van der Waals surface area contributed by atoms with E-state index in [1.165, 1.54) is 0 Å². The van der Waals surface area contributed by atoms with Crippen LogP contribution in [0.5, 0.6) is 5.75 Å². The summed E-state index contributed by atoms with van der Waals surface area (Å²) in [5.74, 6) is 0.470. The number of nitrogens with one attached hydrogen (secondary N) is 1. The minimum absolute atomic E-state index is 0.111. The minimum atomic E-state index is -0.111. The Labute approximate surface area is 112 Å². The molecule has 0 aliphatic carbocycles. The molecule has 2 saturated heterocycles. The number of aldehydes is 1. The third-order valence-corrected chi connectivity index (χ3v) is 4.22. The van der Waals surface area contributed by atoms with Crippen LogP contribution in [0.1, 0.15) is 19.3 Å². The van der Waals surface area contributed by atoms with Crippen LogP contribution in [-0.4, -0.2) is 24.5 Å². The SMILES string of the molecule is Nc1cccc(OC2CC3CCC(N3)C2C=O)c1N. The molecule has 5 N–H and O–H groups in total. The number of nitrogen functional groups attached to an aromatic ring is 2. The molecule has 2 bridgehead atoms. The lowest BCUT2D eigenvalue weighted by Crippen LogP contribution is -2.50. The van der Waals surface area contributed by atoms with Gasteiger partial charge in [-0.05, 0) is 25.0 Å². The Morgan fingerprint density at radius 2 is 2.16 bits per heavy atom. The van der Waals surface area contributed by atoms with Crippen LogP contribution in [0, 0.1) is 5.92 Å². The molecule has 4 unspecified atom stereocenters. The lowest BCUT2D eigenvalue weighted by Gasteiger charge is -2.34. The number of hydrogen-bond acceptors (Lipinski definition) is 5. The Kier molecular flexibility index (Phi) is 3.06. The molecule has 0 radical (unpaired) electrons. The molecule has 2 aliphatic rings. The van der Waals surface area contributed by atoms with Gasteiger partial charge in [0.2, 0.25) is 0 Å². The standard InChI is InChI=1S/C14H19N3O2/c15-10-2-1-3-12(14(10)16)19-13-6-8-4-5-11(17-8)9(13)7-18/h1-3,7-9,11,13,17H,4-6,15-16H2. The van der Waals surface area contributed by atoms with Gasteiger partial charge in [-0.1, -0.05) is 6.07 Å². The molecule has 102 valence electrons. The summed E-state index contributed by atoms with van der Waals surface area (Å²) in [5.41, 5.74) is 12.7. The van der Waals surface area contributed by atoms with Crippen LogP contribution in [0.2, 0.25) is 0 Å².